The fourth-order valence-corrected chi connectivity index (χ4v) is 3.34. The van der Waals surface area contributed by atoms with Gasteiger partial charge in [0.1, 0.15) is 11.6 Å². The lowest BCUT2D eigenvalue weighted by molar-refractivity contribution is 0.0949. The van der Waals surface area contributed by atoms with Gasteiger partial charge in [-0.2, -0.15) is 0 Å². The normalized spacial score (nSPS) is 11.2. The van der Waals surface area contributed by atoms with Crippen LogP contribution in [0.3, 0.4) is 0 Å². The molecule has 0 spiro atoms. The Hall–Kier alpha value is -3.51. The van der Waals surface area contributed by atoms with Crippen LogP contribution in [0.5, 0.6) is 0 Å². The summed E-state index contributed by atoms with van der Waals surface area (Å²) in [5.74, 6) is 0.411. The van der Waals surface area contributed by atoms with Crippen LogP contribution in [0.2, 0.25) is 0 Å². The fraction of sp³-hybridized carbons (Fsp3) is 0.167. The highest BCUT2D eigenvalue weighted by Crippen LogP contribution is 2.21. The van der Waals surface area contributed by atoms with Crippen molar-refractivity contribution in [1.82, 2.24) is 20.2 Å². The monoisotopic (exact) mass is 402 g/mol. The Labute approximate surface area is 174 Å². The molecular weight excluding hydrogens is 379 g/mol. The summed E-state index contributed by atoms with van der Waals surface area (Å²) >= 11 is 0. The van der Waals surface area contributed by atoms with Gasteiger partial charge in [0.2, 0.25) is 0 Å². The predicted octanol–water partition coefficient (Wildman–Crippen LogP) is 4.23. The molecule has 0 aliphatic carbocycles. The van der Waals surface area contributed by atoms with Crippen LogP contribution in [0.15, 0.2) is 72.8 Å². The van der Waals surface area contributed by atoms with Crippen molar-refractivity contribution in [2.45, 2.75) is 6.54 Å². The summed E-state index contributed by atoms with van der Waals surface area (Å²) in [6.07, 6.45) is 0. The van der Waals surface area contributed by atoms with E-state index in [1.54, 1.807) is 24.3 Å². The third kappa shape index (κ3) is 4.55. The molecule has 2 N–H and O–H groups in total. The maximum Gasteiger partial charge on any atom is 0.251 e. The molecule has 0 unspecified atom stereocenters. The fourth-order valence-electron chi connectivity index (χ4n) is 3.34. The van der Waals surface area contributed by atoms with Gasteiger partial charge in [-0.25, -0.2) is 9.37 Å². The maximum absolute atomic E-state index is 13.8. The number of halogens is 1. The van der Waals surface area contributed by atoms with Crippen molar-refractivity contribution in [2.75, 3.05) is 20.1 Å². The molecule has 1 heterocycles. The molecule has 5 nitrogen and oxygen atoms in total. The Balaban J connectivity index is 1.36. The van der Waals surface area contributed by atoms with Crippen molar-refractivity contribution in [2.24, 2.45) is 0 Å². The molecule has 152 valence electrons. The van der Waals surface area contributed by atoms with E-state index in [1.807, 2.05) is 54.4 Å². The number of carbonyl (C=O) groups excluding carboxylic acids is 1. The number of aromatic amines is 1. The first-order valence-electron chi connectivity index (χ1n) is 9.85. The van der Waals surface area contributed by atoms with Gasteiger partial charge in [-0.3, -0.25) is 4.79 Å². The number of likely N-dealkylation sites (N-methyl/N-ethyl adjacent to an activating group) is 1. The van der Waals surface area contributed by atoms with Crippen molar-refractivity contribution in [3.8, 4) is 11.4 Å². The Morgan fingerprint density at radius 1 is 1.07 bits per heavy atom. The number of aromatic nitrogens is 2. The van der Waals surface area contributed by atoms with Gasteiger partial charge >= 0.3 is 0 Å². The minimum absolute atomic E-state index is 0.152. The third-order valence-corrected chi connectivity index (χ3v) is 4.97. The van der Waals surface area contributed by atoms with E-state index >= 15 is 0 Å². The summed E-state index contributed by atoms with van der Waals surface area (Å²) in [5.41, 5.74) is 3.83. The van der Waals surface area contributed by atoms with E-state index in [9.17, 15) is 9.18 Å². The highest BCUT2D eigenvalue weighted by Gasteiger charge is 2.11. The molecule has 30 heavy (non-hydrogen) atoms. The molecule has 4 rings (SSSR count). The zero-order valence-electron chi connectivity index (χ0n) is 16.7. The van der Waals surface area contributed by atoms with Gasteiger partial charge in [-0.1, -0.05) is 48.5 Å². The summed E-state index contributed by atoms with van der Waals surface area (Å²) in [4.78, 5) is 22.4. The minimum Gasteiger partial charge on any atom is -0.351 e. The molecule has 4 aromatic rings. The van der Waals surface area contributed by atoms with Gasteiger partial charge in [-0.15, -0.1) is 0 Å². The number of amides is 1. The summed E-state index contributed by atoms with van der Waals surface area (Å²) in [6.45, 7) is 1.57. The first-order chi connectivity index (χ1) is 14.6. The van der Waals surface area contributed by atoms with E-state index in [0.717, 1.165) is 22.4 Å². The molecule has 1 amide bonds. The van der Waals surface area contributed by atoms with Crippen LogP contribution in [0.1, 0.15) is 15.9 Å². The van der Waals surface area contributed by atoms with E-state index in [-0.39, 0.29) is 11.7 Å². The van der Waals surface area contributed by atoms with Crippen LogP contribution in [0.25, 0.3) is 22.4 Å². The van der Waals surface area contributed by atoms with E-state index in [2.05, 4.69) is 15.3 Å². The average molecular weight is 402 g/mol. The van der Waals surface area contributed by atoms with Crippen molar-refractivity contribution in [3.63, 3.8) is 0 Å². The smallest absolute Gasteiger partial charge is 0.251 e. The lowest BCUT2D eigenvalue weighted by Crippen LogP contribution is -2.32. The molecule has 0 fully saturated rings. The maximum atomic E-state index is 13.8. The third-order valence-electron chi connectivity index (χ3n) is 4.97. The van der Waals surface area contributed by atoms with Crippen molar-refractivity contribution >= 4 is 16.9 Å². The summed E-state index contributed by atoms with van der Waals surface area (Å²) in [6, 6.07) is 22.0. The molecule has 3 aromatic carbocycles. The van der Waals surface area contributed by atoms with E-state index in [0.29, 0.717) is 30.8 Å². The highest BCUT2D eigenvalue weighted by molar-refractivity contribution is 5.97. The quantitative estimate of drug-likeness (QED) is 0.486. The lowest BCUT2D eigenvalue weighted by atomic mass is 10.2. The van der Waals surface area contributed by atoms with Crippen molar-refractivity contribution < 1.29 is 9.18 Å². The number of nitrogens with one attached hydrogen (secondary N) is 2. The van der Waals surface area contributed by atoms with Gasteiger partial charge in [0, 0.05) is 36.3 Å². The molecule has 0 bridgehead atoms. The summed E-state index contributed by atoms with van der Waals surface area (Å²) < 4.78 is 13.8. The number of carbonyl (C=O) groups is 1. The first kappa shape index (κ1) is 19.8. The van der Waals surface area contributed by atoms with Crippen molar-refractivity contribution in [1.29, 1.82) is 0 Å². The Kier molecular flexibility index (Phi) is 5.86. The summed E-state index contributed by atoms with van der Waals surface area (Å²) in [5, 5.41) is 2.92. The van der Waals surface area contributed by atoms with Gasteiger partial charge in [-0.05, 0) is 31.3 Å². The van der Waals surface area contributed by atoms with Gasteiger partial charge in [0.05, 0.1) is 11.0 Å². The second-order valence-electron chi connectivity index (χ2n) is 7.27. The molecule has 1 aromatic heterocycles. The summed E-state index contributed by atoms with van der Waals surface area (Å²) in [7, 11) is 1.90. The zero-order valence-corrected chi connectivity index (χ0v) is 16.7. The van der Waals surface area contributed by atoms with Crippen molar-refractivity contribution in [3.05, 3.63) is 89.7 Å². The molecule has 0 aliphatic rings. The second-order valence-corrected chi connectivity index (χ2v) is 7.27. The minimum atomic E-state index is -0.212. The van der Waals surface area contributed by atoms with Crippen LogP contribution in [0.4, 0.5) is 4.39 Å². The highest BCUT2D eigenvalue weighted by atomic mass is 19.1. The van der Waals surface area contributed by atoms with Gasteiger partial charge < -0.3 is 15.2 Å². The van der Waals surface area contributed by atoms with E-state index in [4.69, 9.17) is 0 Å². The number of rotatable bonds is 7. The molecule has 0 aliphatic heterocycles. The molecule has 0 saturated carbocycles. The Bertz CT molecular complexity index is 1160. The topological polar surface area (TPSA) is 61.0 Å². The number of benzene rings is 3. The lowest BCUT2D eigenvalue weighted by Gasteiger charge is -2.17. The number of nitrogens with zero attached hydrogens (tertiary/aromatic N) is 2. The Morgan fingerprint density at radius 3 is 2.63 bits per heavy atom. The number of fused-ring (bicyclic) bond motifs is 1. The van der Waals surface area contributed by atoms with Crippen LogP contribution in [-0.4, -0.2) is 40.9 Å². The predicted molar refractivity (Wildman–Crippen MR) is 117 cm³/mol. The first-order valence-corrected chi connectivity index (χ1v) is 9.85. The van der Waals surface area contributed by atoms with Crippen LogP contribution >= 0.6 is 0 Å². The van der Waals surface area contributed by atoms with Gasteiger partial charge in [0.25, 0.3) is 5.91 Å². The van der Waals surface area contributed by atoms with E-state index in [1.165, 1.54) is 6.07 Å². The second kappa shape index (κ2) is 8.88. The Morgan fingerprint density at radius 2 is 1.83 bits per heavy atom. The van der Waals surface area contributed by atoms with Crippen LogP contribution in [0, 0.1) is 5.82 Å². The SMILES string of the molecule is CN(CCNC(=O)c1ccc2[nH]c(-c3ccccc3)nc2c1)Cc1ccccc1F. The largest absolute Gasteiger partial charge is 0.351 e. The van der Waals surface area contributed by atoms with E-state index < -0.39 is 0 Å². The zero-order chi connectivity index (χ0) is 20.9. The number of hydrogen-bond donors (Lipinski definition) is 2. The number of hydrogen-bond acceptors (Lipinski definition) is 3. The molecule has 0 atom stereocenters. The van der Waals surface area contributed by atoms with Crippen LogP contribution < -0.4 is 5.32 Å². The average Bonchev–Trinajstić information content (AvgIpc) is 3.19. The molecule has 0 radical (unpaired) electrons. The number of imidazole rings is 1. The molecular formula is C24H23FN4O. The van der Waals surface area contributed by atoms with Crippen LogP contribution in [-0.2, 0) is 6.54 Å². The number of H-pyrrole nitrogens is 1. The standard InChI is InChI=1S/C24H23FN4O/c1-29(16-19-9-5-6-10-20(19)25)14-13-26-24(30)18-11-12-21-22(15-18)28-23(27-21)17-7-3-2-4-8-17/h2-12,15H,13-14,16H2,1H3,(H,26,30)(H,27,28). The molecule has 0 saturated heterocycles. The van der Waals surface area contributed by atoms with Gasteiger partial charge in [0.15, 0.2) is 0 Å². The molecule has 6 heteroatoms.